The van der Waals surface area contributed by atoms with E-state index in [2.05, 4.69) is 17.0 Å². The molecule has 5 nitrogen and oxygen atoms in total. The molecule has 2 fully saturated rings. The summed E-state index contributed by atoms with van der Waals surface area (Å²) in [6, 6.07) is 15.9. The molecule has 6 heteroatoms. The first kappa shape index (κ1) is 17.8. The number of benzene rings is 2. The van der Waals surface area contributed by atoms with Gasteiger partial charge in [0.2, 0.25) is 0 Å². The van der Waals surface area contributed by atoms with E-state index < -0.39 is 0 Å². The second-order valence-electron chi connectivity index (χ2n) is 6.59. The van der Waals surface area contributed by atoms with E-state index in [-0.39, 0.29) is 11.1 Å². The molecule has 0 aliphatic carbocycles. The average Bonchev–Trinajstić information content (AvgIpc) is 2.96. The monoisotopic (exact) mass is 379 g/mol. The van der Waals surface area contributed by atoms with Crippen molar-refractivity contribution in [3.05, 3.63) is 64.6 Å². The lowest BCUT2D eigenvalue weighted by molar-refractivity contribution is -0.113. The Balaban J connectivity index is 1.54. The van der Waals surface area contributed by atoms with Crippen molar-refractivity contribution in [2.24, 2.45) is 0 Å². The third kappa shape index (κ3) is 3.77. The molecule has 0 aromatic heterocycles. The summed E-state index contributed by atoms with van der Waals surface area (Å²) in [6.07, 6.45) is 1.86. The predicted molar refractivity (Wildman–Crippen MR) is 111 cm³/mol. The number of hydrogen-bond acceptors (Lipinski definition) is 5. The van der Waals surface area contributed by atoms with Gasteiger partial charge in [-0.1, -0.05) is 24.3 Å². The number of nitrogens with one attached hydrogen (secondary N) is 1. The van der Waals surface area contributed by atoms with Crippen molar-refractivity contribution >= 4 is 40.3 Å². The van der Waals surface area contributed by atoms with Crippen LogP contribution in [0.4, 0.5) is 11.4 Å². The van der Waals surface area contributed by atoms with Gasteiger partial charge in [-0.3, -0.25) is 15.1 Å². The van der Waals surface area contributed by atoms with Crippen LogP contribution in [-0.2, 0) is 9.53 Å². The first-order valence-corrected chi connectivity index (χ1v) is 9.75. The van der Waals surface area contributed by atoms with Gasteiger partial charge >= 0.3 is 0 Å². The maximum atomic E-state index is 12.8. The van der Waals surface area contributed by atoms with Crippen LogP contribution in [0.25, 0.3) is 6.08 Å². The number of amides is 1. The van der Waals surface area contributed by atoms with E-state index in [0.717, 1.165) is 43.1 Å². The van der Waals surface area contributed by atoms with E-state index in [0.29, 0.717) is 4.91 Å². The number of rotatable bonds is 3. The number of morpholine rings is 1. The molecule has 2 saturated heterocycles. The summed E-state index contributed by atoms with van der Waals surface area (Å²) in [5.41, 5.74) is 3.93. The maximum Gasteiger partial charge on any atom is 0.271 e. The number of nitrogens with zero attached hydrogens (tertiary/aromatic N) is 2. The minimum absolute atomic E-state index is 0.146. The van der Waals surface area contributed by atoms with Crippen LogP contribution in [0.15, 0.2) is 53.4 Å². The number of anilines is 2. The molecule has 0 saturated carbocycles. The van der Waals surface area contributed by atoms with E-state index in [1.165, 1.54) is 22.3 Å². The highest BCUT2D eigenvalue weighted by molar-refractivity contribution is 8.19. The second kappa shape index (κ2) is 7.58. The lowest BCUT2D eigenvalue weighted by Crippen LogP contribution is -2.36. The molecule has 0 unspecified atom stereocenters. The van der Waals surface area contributed by atoms with Crippen molar-refractivity contribution < 1.29 is 9.53 Å². The summed E-state index contributed by atoms with van der Waals surface area (Å²) >= 11 is 1.20. The first-order chi connectivity index (χ1) is 13.1. The first-order valence-electron chi connectivity index (χ1n) is 8.94. The third-order valence-corrected chi connectivity index (χ3v) is 5.54. The number of hydrogen-bond donors (Lipinski definition) is 1. The van der Waals surface area contributed by atoms with Crippen LogP contribution in [-0.4, -0.2) is 37.4 Å². The van der Waals surface area contributed by atoms with Crippen LogP contribution in [0.5, 0.6) is 0 Å². The minimum atomic E-state index is -0.146. The molecule has 0 radical (unpaired) electrons. The number of carbonyl (C=O) groups excluding carboxylic acids is 1. The standard InChI is InChI=1S/C21H21N3O2S/c1-15-3-2-4-18(13-15)24-20(25)19(27-21(24)22)14-16-5-7-17(8-6-16)23-9-11-26-12-10-23/h2-8,13-14,22H,9-12H2,1H3/b19-14+,22-21?. The number of amidine groups is 1. The van der Waals surface area contributed by atoms with E-state index in [1.54, 1.807) is 0 Å². The summed E-state index contributed by atoms with van der Waals surface area (Å²) in [5.74, 6) is -0.146. The van der Waals surface area contributed by atoms with Crippen LogP contribution >= 0.6 is 11.8 Å². The Labute approximate surface area is 163 Å². The molecule has 0 spiro atoms. The Hall–Kier alpha value is -2.57. The van der Waals surface area contributed by atoms with E-state index in [9.17, 15) is 4.79 Å². The Morgan fingerprint density at radius 1 is 1.07 bits per heavy atom. The molecule has 2 aliphatic rings. The highest BCUT2D eigenvalue weighted by Crippen LogP contribution is 2.35. The molecule has 0 bridgehead atoms. The molecular weight excluding hydrogens is 358 g/mol. The van der Waals surface area contributed by atoms with Gasteiger partial charge < -0.3 is 9.64 Å². The summed E-state index contributed by atoms with van der Waals surface area (Å²) < 4.78 is 5.39. The van der Waals surface area contributed by atoms with Gasteiger partial charge in [0, 0.05) is 18.8 Å². The van der Waals surface area contributed by atoms with Gasteiger partial charge in [-0.05, 0) is 60.2 Å². The van der Waals surface area contributed by atoms with Crippen molar-refractivity contribution in [3.63, 3.8) is 0 Å². The lowest BCUT2D eigenvalue weighted by Gasteiger charge is -2.28. The number of carbonyl (C=O) groups is 1. The molecule has 2 heterocycles. The molecule has 138 valence electrons. The topological polar surface area (TPSA) is 56.6 Å². The summed E-state index contributed by atoms with van der Waals surface area (Å²) in [5, 5.41) is 8.45. The van der Waals surface area contributed by atoms with Gasteiger partial charge in [-0.15, -0.1) is 0 Å². The highest BCUT2D eigenvalue weighted by Gasteiger charge is 2.33. The molecule has 27 heavy (non-hydrogen) atoms. The van der Waals surface area contributed by atoms with Crippen molar-refractivity contribution in [1.82, 2.24) is 0 Å². The third-order valence-electron chi connectivity index (χ3n) is 4.65. The zero-order valence-corrected chi connectivity index (χ0v) is 16.0. The fourth-order valence-electron chi connectivity index (χ4n) is 3.24. The summed E-state index contributed by atoms with van der Waals surface area (Å²) in [6.45, 7) is 5.30. The van der Waals surface area contributed by atoms with Gasteiger partial charge in [0.15, 0.2) is 5.17 Å². The SMILES string of the molecule is Cc1cccc(N2C(=N)S/C(=C/c3ccc(N4CCOCC4)cc3)C2=O)c1. The molecule has 1 amide bonds. The second-order valence-corrected chi connectivity index (χ2v) is 7.62. The predicted octanol–water partition coefficient (Wildman–Crippen LogP) is 3.89. The molecule has 2 aromatic carbocycles. The Morgan fingerprint density at radius 2 is 1.81 bits per heavy atom. The smallest absolute Gasteiger partial charge is 0.271 e. The molecule has 1 N–H and O–H groups in total. The highest BCUT2D eigenvalue weighted by atomic mass is 32.2. The lowest BCUT2D eigenvalue weighted by atomic mass is 10.1. The van der Waals surface area contributed by atoms with E-state index in [1.807, 2.05) is 49.4 Å². The number of ether oxygens (including phenoxy) is 1. The fourth-order valence-corrected chi connectivity index (χ4v) is 4.10. The largest absolute Gasteiger partial charge is 0.378 e. The molecule has 0 atom stereocenters. The van der Waals surface area contributed by atoms with Crippen LogP contribution in [0.1, 0.15) is 11.1 Å². The fraction of sp³-hybridized carbons (Fsp3) is 0.238. The number of thioether (sulfide) groups is 1. The van der Waals surface area contributed by atoms with Gasteiger partial charge in [-0.25, -0.2) is 0 Å². The molecule has 2 aliphatic heterocycles. The normalized spacial score (nSPS) is 19.2. The molecule has 4 rings (SSSR count). The average molecular weight is 379 g/mol. The zero-order valence-electron chi connectivity index (χ0n) is 15.1. The zero-order chi connectivity index (χ0) is 18.8. The van der Waals surface area contributed by atoms with Crippen LogP contribution in [0, 0.1) is 12.3 Å². The van der Waals surface area contributed by atoms with Crippen LogP contribution in [0.3, 0.4) is 0 Å². The Morgan fingerprint density at radius 3 is 2.52 bits per heavy atom. The van der Waals surface area contributed by atoms with Crippen molar-refractivity contribution in [2.75, 3.05) is 36.1 Å². The number of aryl methyl sites for hydroxylation is 1. The Kier molecular flexibility index (Phi) is 5.01. The van der Waals surface area contributed by atoms with Crippen LogP contribution in [0.2, 0.25) is 0 Å². The summed E-state index contributed by atoms with van der Waals surface area (Å²) in [7, 11) is 0. The van der Waals surface area contributed by atoms with Gasteiger partial charge in [-0.2, -0.15) is 0 Å². The molecule has 2 aromatic rings. The minimum Gasteiger partial charge on any atom is -0.378 e. The van der Waals surface area contributed by atoms with E-state index >= 15 is 0 Å². The summed E-state index contributed by atoms with van der Waals surface area (Å²) in [4.78, 5) is 17.2. The van der Waals surface area contributed by atoms with Crippen molar-refractivity contribution in [2.45, 2.75) is 6.92 Å². The van der Waals surface area contributed by atoms with Gasteiger partial charge in [0.25, 0.3) is 5.91 Å². The quantitative estimate of drug-likeness (QED) is 0.822. The Bertz CT molecular complexity index is 902. The van der Waals surface area contributed by atoms with Crippen molar-refractivity contribution in [1.29, 1.82) is 5.41 Å². The van der Waals surface area contributed by atoms with E-state index in [4.69, 9.17) is 10.1 Å². The van der Waals surface area contributed by atoms with Crippen molar-refractivity contribution in [3.8, 4) is 0 Å². The van der Waals surface area contributed by atoms with Crippen LogP contribution < -0.4 is 9.80 Å². The maximum absolute atomic E-state index is 12.8. The molecular formula is C21H21N3O2S. The van der Waals surface area contributed by atoms with Gasteiger partial charge in [0.05, 0.1) is 23.8 Å². The van der Waals surface area contributed by atoms with Gasteiger partial charge in [0.1, 0.15) is 0 Å².